The van der Waals surface area contributed by atoms with Gasteiger partial charge < -0.3 is 14.4 Å². The van der Waals surface area contributed by atoms with E-state index in [0.29, 0.717) is 5.75 Å². The Bertz CT molecular complexity index is 1020. The molecule has 144 valence electrons. The molecule has 4 rings (SSSR count). The van der Waals surface area contributed by atoms with Crippen LogP contribution in [0.3, 0.4) is 0 Å². The van der Waals surface area contributed by atoms with Crippen molar-refractivity contribution < 1.29 is 14.6 Å². The molecule has 2 aromatic heterocycles. The molecule has 0 saturated heterocycles. The first-order chi connectivity index (χ1) is 13.5. The highest BCUT2D eigenvalue weighted by Crippen LogP contribution is 2.36. The highest BCUT2D eigenvalue weighted by Gasteiger charge is 2.20. The summed E-state index contributed by atoms with van der Waals surface area (Å²) in [4.78, 5) is 15.8. The van der Waals surface area contributed by atoms with Crippen molar-refractivity contribution in [3.63, 3.8) is 0 Å². The topological polar surface area (TPSA) is 64.3 Å². The van der Waals surface area contributed by atoms with Crippen LogP contribution in [0.15, 0.2) is 42.5 Å². The minimum Gasteiger partial charge on any atom is -0.482 e. The van der Waals surface area contributed by atoms with Gasteiger partial charge in [0.1, 0.15) is 11.6 Å². The summed E-state index contributed by atoms with van der Waals surface area (Å²) in [6.45, 7) is 3.85. The molecule has 0 fully saturated rings. The normalized spacial score (nSPS) is 13.2. The number of carboxylic acid groups (broad SMARTS) is 1. The molecule has 1 aliphatic carbocycles. The fraction of sp³-hybridized carbons (Fsp3) is 0.304. The number of aliphatic carboxylic acids is 1. The molecular formula is C23H24N2O3. The molecule has 0 unspecified atom stereocenters. The van der Waals surface area contributed by atoms with Crippen molar-refractivity contribution in [2.24, 2.45) is 0 Å². The second-order valence-electron chi connectivity index (χ2n) is 7.29. The molecule has 1 N–H and O–H groups in total. The van der Waals surface area contributed by atoms with Crippen LogP contribution in [0.4, 0.5) is 0 Å². The smallest absolute Gasteiger partial charge is 0.341 e. The Morgan fingerprint density at radius 1 is 1.04 bits per heavy atom. The second-order valence-corrected chi connectivity index (χ2v) is 7.29. The van der Waals surface area contributed by atoms with E-state index in [1.807, 2.05) is 30.3 Å². The molecule has 0 radical (unpaired) electrons. The Kier molecular flexibility index (Phi) is 4.90. The number of carboxylic acids is 1. The Hall–Kier alpha value is -3.08. The molecular weight excluding hydrogens is 352 g/mol. The lowest BCUT2D eigenvalue weighted by Gasteiger charge is -2.22. The molecule has 2 heterocycles. The quantitative estimate of drug-likeness (QED) is 0.712. The summed E-state index contributed by atoms with van der Waals surface area (Å²) in [7, 11) is 0. The summed E-state index contributed by atoms with van der Waals surface area (Å²) in [5, 5.41) is 8.94. The first-order valence-electron chi connectivity index (χ1n) is 9.66. The monoisotopic (exact) mass is 376 g/mol. The molecule has 0 aliphatic heterocycles. The van der Waals surface area contributed by atoms with Gasteiger partial charge in [-0.2, -0.15) is 0 Å². The standard InChI is InChI=1S/C23H24N2O3/c1-15-10-11-16(2)25(15)22-9-5-8-20(24-22)18-12-13-21(28-14-23(26)27)19-7-4-3-6-17(18)19/h5,8-13H,3-4,6-7,14H2,1-2H3,(H,26,27). The number of nitrogens with zero attached hydrogens (tertiary/aromatic N) is 2. The van der Waals surface area contributed by atoms with Gasteiger partial charge in [-0.05, 0) is 87.1 Å². The number of aromatic nitrogens is 2. The lowest BCUT2D eigenvalue weighted by atomic mass is 9.86. The third-order valence-electron chi connectivity index (χ3n) is 5.35. The largest absolute Gasteiger partial charge is 0.482 e. The molecule has 1 aliphatic rings. The van der Waals surface area contributed by atoms with Crippen LogP contribution < -0.4 is 4.74 Å². The third kappa shape index (κ3) is 3.40. The summed E-state index contributed by atoms with van der Waals surface area (Å²) in [6.07, 6.45) is 4.09. The van der Waals surface area contributed by atoms with E-state index in [1.165, 1.54) is 5.56 Å². The zero-order valence-electron chi connectivity index (χ0n) is 16.2. The molecule has 5 heteroatoms. The average molecular weight is 376 g/mol. The van der Waals surface area contributed by atoms with Crippen molar-refractivity contribution in [2.45, 2.75) is 39.5 Å². The van der Waals surface area contributed by atoms with Gasteiger partial charge in [0.15, 0.2) is 6.61 Å². The molecule has 3 aromatic rings. The number of hydrogen-bond donors (Lipinski definition) is 1. The van der Waals surface area contributed by atoms with Crippen molar-refractivity contribution >= 4 is 5.97 Å². The Labute approximate surface area is 164 Å². The van der Waals surface area contributed by atoms with Crippen molar-refractivity contribution in [1.82, 2.24) is 9.55 Å². The maximum absolute atomic E-state index is 10.9. The van der Waals surface area contributed by atoms with Gasteiger partial charge in [0.2, 0.25) is 0 Å². The number of fused-ring (bicyclic) bond motifs is 1. The van der Waals surface area contributed by atoms with Crippen LogP contribution in [0.1, 0.15) is 35.4 Å². The Morgan fingerprint density at radius 3 is 2.46 bits per heavy atom. The number of benzene rings is 1. The molecule has 5 nitrogen and oxygen atoms in total. The predicted molar refractivity (Wildman–Crippen MR) is 108 cm³/mol. The van der Waals surface area contributed by atoms with Crippen LogP contribution in [0.25, 0.3) is 17.1 Å². The summed E-state index contributed by atoms with van der Waals surface area (Å²) >= 11 is 0. The molecule has 0 saturated carbocycles. The number of pyridine rings is 1. The van der Waals surface area contributed by atoms with Gasteiger partial charge in [-0.15, -0.1) is 0 Å². The lowest BCUT2D eigenvalue weighted by Crippen LogP contribution is -2.13. The van der Waals surface area contributed by atoms with E-state index in [4.69, 9.17) is 14.8 Å². The molecule has 28 heavy (non-hydrogen) atoms. The Balaban J connectivity index is 1.78. The van der Waals surface area contributed by atoms with E-state index >= 15 is 0 Å². The van der Waals surface area contributed by atoms with Crippen LogP contribution in [-0.4, -0.2) is 27.2 Å². The molecule has 0 amide bonds. The molecule has 0 atom stereocenters. The van der Waals surface area contributed by atoms with Crippen LogP contribution in [0.5, 0.6) is 5.75 Å². The number of rotatable bonds is 5. The minimum absolute atomic E-state index is 0.314. The van der Waals surface area contributed by atoms with E-state index in [-0.39, 0.29) is 6.61 Å². The maximum atomic E-state index is 10.9. The lowest BCUT2D eigenvalue weighted by molar-refractivity contribution is -0.139. The number of ether oxygens (including phenoxy) is 1. The molecule has 1 aromatic carbocycles. The van der Waals surface area contributed by atoms with E-state index in [0.717, 1.165) is 59.7 Å². The number of aryl methyl sites for hydroxylation is 2. The summed E-state index contributed by atoms with van der Waals surface area (Å²) in [5.41, 5.74) is 6.73. The molecule has 0 bridgehead atoms. The van der Waals surface area contributed by atoms with Crippen molar-refractivity contribution in [3.8, 4) is 22.8 Å². The molecule has 0 spiro atoms. The van der Waals surface area contributed by atoms with Crippen molar-refractivity contribution in [2.75, 3.05) is 6.61 Å². The predicted octanol–water partition coefficient (Wildman–Crippen LogP) is 4.50. The third-order valence-corrected chi connectivity index (χ3v) is 5.35. The first-order valence-corrected chi connectivity index (χ1v) is 9.66. The number of carbonyl (C=O) groups is 1. The van der Waals surface area contributed by atoms with Crippen LogP contribution >= 0.6 is 0 Å². The summed E-state index contributed by atoms with van der Waals surface area (Å²) in [5.74, 6) is 0.642. The van der Waals surface area contributed by atoms with Gasteiger partial charge in [0, 0.05) is 17.0 Å². The minimum atomic E-state index is -0.958. The van der Waals surface area contributed by atoms with Gasteiger partial charge in [-0.1, -0.05) is 6.07 Å². The maximum Gasteiger partial charge on any atom is 0.341 e. The second kappa shape index (κ2) is 7.50. The highest BCUT2D eigenvalue weighted by atomic mass is 16.5. The van der Waals surface area contributed by atoms with Crippen LogP contribution in [0.2, 0.25) is 0 Å². The van der Waals surface area contributed by atoms with Gasteiger partial charge in [-0.25, -0.2) is 9.78 Å². The van der Waals surface area contributed by atoms with Crippen LogP contribution in [0, 0.1) is 13.8 Å². The van der Waals surface area contributed by atoms with E-state index in [2.05, 4.69) is 30.5 Å². The highest BCUT2D eigenvalue weighted by molar-refractivity contribution is 5.70. The van der Waals surface area contributed by atoms with Gasteiger partial charge >= 0.3 is 5.97 Å². The fourth-order valence-electron chi connectivity index (χ4n) is 4.08. The van der Waals surface area contributed by atoms with Gasteiger partial charge in [-0.3, -0.25) is 0 Å². The zero-order valence-corrected chi connectivity index (χ0v) is 16.2. The van der Waals surface area contributed by atoms with Crippen molar-refractivity contribution in [1.29, 1.82) is 0 Å². The van der Waals surface area contributed by atoms with Gasteiger partial charge in [0.05, 0.1) is 5.69 Å². The summed E-state index contributed by atoms with van der Waals surface area (Å²) < 4.78 is 7.70. The fourth-order valence-corrected chi connectivity index (χ4v) is 4.08. The van der Waals surface area contributed by atoms with Crippen molar-refractivity contribution in [3.05, 3.63) is 65.0 Å². The van der Waals surface area contributed by atoms with E-state index < -0.39 is 5.97 Å². The zero-order chi connectivity index (χ0) is 19.7. The Morgan fingerprint density at radius 2 is 1.75 bits per heavy atom. The van der Waals surface area contributed by atoms with E-state index in [9.17, 15) is 4.79 Å². The number of hydrogen-bond acceptors (Lipinski definition) is 3. The first kappa shape index (κ1) is 18.3. The van der Waals surface area contributed by atoms with Crippen LogP contribution in [-0.2, 0) is 17.6 Å². The SMILES string of the molecule is Cc1ccc(C)n1-c1cccc(-c2ccc(OCC(=O)O)c3c2CCCC3)n1. The summed E-state index contributed by atoms with van der Waals surface area (Å²) in [6, 6.07) is 14.2. The van der Waals surface area contributed by atoms with E-state index in [1.54, 1.807) is 0 Å². The average Bonchev–Trinajstić information content (AvgIpc) is 3.04. The van der Waals surface area contributed by atoms with Gasteiger partial charge in [0.25, 0.3) is 0 Å².